The number of ether oxygens (including phenoxy) is 1. The lowest BCUT2D eigenvalue weighted by Gasteiger charge is -2.06. The number of hydrogen-bond donors (Lipinski definition) is 2. The third-order valence-electron chi connectivity index (χ3n) is 2.76. The van der Waals surface area contributed by atoms with E-state index in [1.165, 1.54) is 7.11 Å². The third kappa shape index (κ3) is 2.41. The molecule has 7 nitrogen and oxygen atoms in total. The second-order valence-corrected chi connectivity index (χ2v) is 3.99. The van der Waals surface area contributed by atoms with Gasteiger partial charge >= 0.3 is 12.1 Å². The van der Waals surface area contributed by atoms with Crippen molar-refractivity contribution in [3.63, 3.8) is 0 Å². The Morgan fingerprint density at radius 2 is 2.16 bits per heavy atom. The fourth-order valence-electron chi connectivity index (χ4n) is 1.87. The average Bonchev–Trinajstić information content (AvgIpc) is 2.77. The highest BCUT2D eigenvalue weighted by Crippen LogP contribution is 2.19. The number of esters is 1. The van der Waals surface area contributed by atoms with E-state index in [0.717, 1.165) is 4.68 Å². The zero-order valence-corrected chi connectivity index (χ0v) is 10.2. The van der Waals surface area contributed by atoms with Crippen molar-refractivity contribution < 1.29 is 19.4 Å². The van der Waals surface area contributed by atoms with E-state index in [2.05, 4.69) is 9.84 Å². The Bertz CT molecular complexity index is 635. The summed E-state index contributed by atoms with van der Waals surface area (Å²) in [6.45, 7) is 0. The van der Waals surface area contributed by atoms with Crippen molar-refractivity contribution in [2.75, 3.05) is 7.11 Å². The number of carbonyl (C=O) groups is 2. The van der Waals surface area contributed by atoms with E-state index in [1.54, 1.807) is 24.3 Å². The molecule has 3 N–H and O–H groups in total. The molecule has 100 valence electrons. The SMILES string of the molecule is COC(=O)C(N)Cc1nn(C(=O)O)c2ccccc12. The zero-order chi connectivity index (χ0) is 14.0. The van der Waals surface area contributed by atoms with Gasteiger partial charge in [-0.05, 0) is 6.07 Å². The largest absolute Gasteiger partial charge is 0.468 e. The molecule has 19 heavy (non-hydrogen) atoms. The Hall–Kier alpha value is -2.41. The van der Waals surface area contributed by atoms with Crippen LogP contribution in [-0.2, 0) is 16.0 Å². The number of methoxy groups -OCH3 is 1. The van der Waals surface area contributed by atoms with Crippen LogP contribution in [0.3, 0.4) is 0 Å². The summed E-state index contributed by atoms with van der Waals surface area (Å²) in [5.74, 6) is -0.561. The summed E-state index contributed by atoms with van der Waals surface area (Å²) >= 11 is 0. The minimum Gasteiger partial charge on any atom is -0.468 e. The highest BCUT2D eigenvalue weighted by Gasteiger charge is 2.20. The number of hydrogen-bond acceptors (Lipinski definition) is 5. The molecule has 1 unspecified atom stereocenters. The van der Waals surface area contributed by atoms with Crippen molar-refractivity contribution in [3.8, 4) is 0 Å². The van der Waals surface area contributed by atoms with Crippen LogP contribution in [0.5, 0.6) is 0 Å². The molecule has 0 amide bonds. The monoisotopic (exact) mass is 263 g/mol. The Morgan fingerprint density at radius 1 is 1.47 bits per heavy atom. The van der Waals surface area contributed by atoms with E-state index >= 15 is 0 Å². The molecule has 0 bridgehead atoms. The van der Waals surface area contributed by atoms with Crippen LogP contribution in [0.25, 0.3) is 10.9 Å². The fraction of sp³-hybridized carbons (Fsp3) is 0.250. The molecule has 2 rings (SSSR count). The molecule has 0 aliphatic carbocycles. The van der Waals surface area contributed by atoms with Crippen LogP contribution in [-0.4, -0.2) is 40.1 Å². The van der Waals surface area contributed by atoms with Gasteiger partial charge in [-0.3, -0.25) is 4.79 Å². The third-order valence-corrected chi connectivity index (χ3v) is 2.76. The highest BCUT2D eigenvalue weighted by atomic mass is 16.5. The van der Waals surface area contributed by atoms with Gasteiger partial charge in [0, 0.05) is 11.8 Å². The van der Waals surface area contributed by atoms with E-state index in [0.29, 0.717) is 16.6 Å². The van der Waals surface area contributed by atoms with Crippen LogP contribution < -0.4 is 5.73 Å². The standard InChI is InChI=1S/C12H13N3O4/c1-19-11(16)8(13)6-9-7-4-2-3-5-10(7)15(14-9)12(17)18/h2-5,8H,6,13H2,1H3,(H,17,18). The van der Waals surface area contributed by atoms with Crippen molar-refractivity contribution in [2.45, 2.75) is 12.5 Å². The molecule has 0 saturated carbocycles. The summed E-state index contributed by atoms with van der Waals surface area (Å²) in [6, 6.07) is 5.99. The van der Waals surface area contributed by atoms with Gasteiger partial charge in [0.25, 0.3) is 0 Å². The van der Waals surface area contributed by atoms with E-state index < -0.39 is 18.1 Å². The minimum absolute atomic E-state index is 0.119. The van der Waals surface area contributed by atoms with E-state index in [9.17, 15) is 9.59 Å². The van der Waals surface area contributed by atoms with Crippen molar-refractivity contribution in [2.24, 2.45) is 5.73 Å². The molecule has 0 aliphatic heterocycles. The molecule has 1 aromatic heterocycles. The molecule has 1 atom stereocenters. The van der Waals surface area contributed by atoms with Gasteiger partial charge in [-0.1, -0.05) is 18.2 Å². The molecule has 1 aromatic carbocycles. The number of para-hydroxylation sites is 1. The Morgan fingerprint density at radius 3 is 2.79 bits per heavy atom. The van der Waals surface area contributed by atoms with Crippen molar-refractivity contribution >= 4 is 23.0 Å². The number of nitrogens with zero attached hydrogens (tertiary/aromatic N) is 2. The number of rotatable bonds is 3. The summed E-state index contributed by atoms with van der Waals surface area (Å²) in [7, 11) is 1.25. The molecular weight excluding hydrogens is 250 g/mol. The molecule has 2 aromatic rings. The van der Waals surface area contributed by atoms with Gasteiger partial charge < -0.3 is 15.6 Å². The quantitative estimate of drug-likeness (QED) is 0.785. The average molecular weight is 263 g/mol. The molecule has 0 aliphatic rings. The summed E-state index contributed by atoms with van der Waals surface area (Å²) in [4.78, 5) is 22.4. The fourth-order valence-corrected chi connectivity index (χ4v) is 1.87. The van der Waals surface area contributed by atoms with Gasteiger partial charge in [0.1, 0.15) is 6.04 Å². The number of nitrogens with two attached hydrogens (primary N) is 1. The van der Waals surface area contributed by atoms with Crippen molar-refractivity contribution in [3.05, 3.63) is 30.0 Å². The lowest BCUT2D eigenvalue weighted by Crippen LogP contribution is -2.33. The van der Waals surface area contributed by atoms with Gasteiger partial charge in [-0.2, -0.15) is 9.78 Å². The Labute approximate surface area is 108 Å². The summed E-state index contributed by atoms with van der Waals surface area (Å²) < 4.78 is 5.41. The number of carbonyl (C=O) groups excluding carboxylic acids is 1. The van der Waals surface area contributed by atoms with Gasteiger partial charge in [0.2, 0.25) is 0 Å². The summed E-state index contributed by atoms with van der Waals surface area (Å²) in [5.41, 5.74) is 6.58. The van der Waals surface area contributed by atoms with Gasteiger partial charge in [0.05, 0.1) is 18.3 Å². The Balaban J connectivity index is 2.44. The molecule has 7 heteroatoms. The first-order valence-electron chi connectivity index (χ1n) is 5.58. The number of carboxylic acid groups (broad SMARTS) is 1. The second kappa shape index (κ2) is 5.07. The predicted molar refractivity (Wildman–Crippen MR) is 66.9 cm³/mol. The van der Waals surface area contributed by atoms with Gasteiger partial charge in [-0.25, -0.2) is 4.79 Å². The van der Waals surface area contributed by atoms with E-state index in [1.807, 2.05) is 0 Å². The molecule has 0 saturated heterocycles. The second-order valence-electron chi connectivity index (χ2n) is 3.99. The zero-order valence-electron chi connectivity index (χ0n) is 10.2. The van der Waals surface area contributed by atoms with Crippen LogP contribution in [0.4, 0.5) is 4.79 Å². The molecule has 0 fully saturated rings. The van der Waals surface area contributed by atoms with Crippen LogP contribution >= 0.6 is 0 Å². The first kappa shape index (κ1) is 13.0. The van der Waals surface area contributed by atoms with Crippen molar-refractivity contribution in [1.82, 2.24) is 9.78 Å². The lowest BCUT2D eigenvalue weighted by atomic mass is 10.1. The van der Waals surface area contributed by atoms with E-state index in [4.69, 9.17) is 10.8 Å². The van der Waals surface area contributed by atoms with Crippen molar-refractivity contribution in [1.29, 1.82) is 0 Å². The Kier molecular flexibility index (Phi) is 3.48. The topological polar surface area (TPSA) is 107 Å². The summed E-state index contributed by atoms with van der Waals surface area (Å²) in [6.07, 6.45) is -1.07. The maximum absolute atomic E-state index is 11.3. The van der Waals surface area contributed by atoms with Crippen LogP contribution in [0, 0.1) is 0 Å². The first-order valence-corrected chi connectivity index (χ1v) is 5.58. The predicted octanol–water partition coefficient (Wildman–Crippen LogP) is 0.605. The van der Waals surface area contributed by atoms with Crippen LogP contribution in [0.2, 0.25) is 0 Å². The maximum Gasteiger partial charge on any atom is 0.432 e. The minimum atomic E-state index is -1.19. The number of fused-ring (bicyclic) bond motifs is 1. The molecular formula is C12H13N3O4. The molecule has 0 spiro atoms. The number of benzene rings is 1. The van der Waals surface area contributed by atoms with E-state index in [-0.39, 0.29) is 6.42 Å². The first-order chi connectivity index (χ1) is 9.04. The van der Waals surface area contributed by atoms with Gasteiger partial charge in [0.15, 0.2) is 0 Å². The van der Waals surface area contributed by atoms with Crippen LogP contribution in [0.1, 0.15) is 5.69 Å². The smallest absolute Gasteiger partial charge is 0.432 e. The normalized spacial score (nSPS) is 12.3. The molecule has 1 heterocycles. The number of aromatic nitrogens is 2. The van der Waals surface area contributed by atoms with Gasteiger partial charge in [-0.15, -0.1) is 0 Å². The maximum atomic E-state index is 11.3. The molecule has 0 radical (unpaired) electrons. The highest BCUT2D eigenvalue weighted by molar-refractivity contribution is 5.89. The summed E-state index contributed by atoms with van der Waals surface area (Å²) in [5, 5.41) is 13.7. The lowest BCUT2D eigenvalue weighted by molar-refractivity contribution is -0.142. The van der Waals surface area contributed by atoms with Crippen LogP contribution in [0.15, 0.2) is 24.3 Å².